The highest BCUT2D eigenvalue weighted by atomic mass is 16.5. The molecular weight excluding hydrogens is 440 g/mol. The Morgan fingerprint density at radius 2 is 1.60 bits per heavy atom. The van der Waals surface area contributed by atoms with Crippen LogP contribution in [0, 0.1) is 6.92 Å². The maximum Gasteiger partial charge on any atom is 0.343 e. The van der Waals surface area contributed by atoms with Gasteiger partial charge in [0.25, 0.3) is 5.91 Å². The minimum absolute atomic E-state index is 0.356. The van der Waals surface area contributed by atoms with Crippen molar-refractivity contribution in [1.29, 1.82) is 0 Å². The topological polar surface area (TPSA) is 77.0 Å². The van der Waals surface area contributed by atoms with Crippen LogP contribution >= 0.6 is 0 Å². The van der Waals surface area contributed by atoms with Gasteiger partial charge in [0.05, 0.1) is 17.3 Å². The summed E-state index contributed by atoms with van der Waals surface area (Å²) in [5.41, 5.74) is 6.13. The van der Waals surface area contributed by atoms with Crippen molar-refractivity contribution in [2.75, 3.05) is 0 Å². The number of benzene rings is 4. The van der Waals surface area contributed by atoms with Gasteiger partial charge in [0, 0.05) is 0 Å². The van der Waals surface area contributed by atoms with E-state index in [0.29, 0.717) is 29.2 Å². The average molecular weight is 465 g/mol. The minimum Gasteiger partial charge on any atom is -0.488 e. The maximum atomic E-state index is 12.6. The van der Waals surface area contributed by atoms with E-state index in [1.54, 1.807) is 54.6 Å². The van der Waals surface area contributed by atoms with Gasteiger partial charge in [-0.05, 0) is 66.6 Å². The molecule has 4 aromatic carbocycles. The van der Waals surface area contributed by atoms with Crippen LogP contribution in [0.25, 0.3) is 0 Å². The number of nitrogens with zero attached hydrogens (tertiary/aromatic N) is 1. The lowest BCUT2D eigenvalue weighted by molar-refractivity contribution is 0.0734. The van der Waals surface area contributed by atoms with E-state index < -0.39 is 5.97 Å². The first-order valence-electron chi connectivity index (χ1n) is 11.1. The molecule has 1 N–H and O–H groups in total. The number of rotatable bonds is 8. The SMILES string of the molecule is Cc1cccc(C(=O)Oc2ccc(C=NNC(=O)c3ccccc3OCc3ccccc3)cc2)c1. The van der Waals surface area contributed by atoms with Gasteiger partial charge in [0.15, 0.2) is 0 Å². The van der Waals surface area contributed by atoms with Gasteiger partial charge in [0.2, 0.25) is 0 Å². The summed E-state index contributed by atoms with van der Waals surface area (Å²) in [6, 6.07) is 30.8. The van der Waals surface area contributed by atoms with E-state index in [9.17, 15) is 9.59 Å². The number of hydrogen-bond acceptors (Lipinski definition) is 5. The first kappa shape index (κ1) is 23.4. The van der Waals surface area contributed by atoms with Gasteiger partial charge in [-0.2, -0.15) is 5.10 Å². The zero-order valence-corrected chi connectivity index (χ0v) is 19.2. The molecule has 0 saturated carbocycles. The second kappa shape index (κ2) is 11.4. The molecule has 0 unspecified atom stereocenters. The lowest BCUT2D eigenvalue weighted by atomic mass is 10.1. The number of aryl methyl sites for hydroxylation is 1. The van der Waals surface area contributed by atoms with Crippen LogP contribution in [0.1, 0.15) is 37.4 Å². The fourth-order valence-electron chi connectivity index (χ4n) is 3.30. The molecule has 6 heteroatoms. The van der Waals surface area contributed by atoms with E-state index in [4.69, 9.17) is 9.47 Å². The number of para-hydroxylation sites is 1. The van der Waals surface area contributed by atoms with Crippen molar-refractivity contribution in [3.05, 3.63) is 131 Å². The first-order chi connectivity index (χ1) is 17.1. The van der Waals surface area contributed by atoms with E-state index in [1.807, 2.05) is 55.5 Å². The molecule has 174 valence electrons. The molecule has 0 aliphatic heterocycles. The van der Waals surface area contributed by atoms with Crippen LogP contribution in [0.15, 0.2) is 108 Å². The molecule has 0 aliphatic carbocycles. The molecule has 6 nitrogen and oxygen atoms in total. The summed E-state index contributed by atoms with van der Waals surface area (Å²) >= 11 is 0. The zero-order chi connectivity index (χ0) is 24.5. The predicted molar refractivity (Wildman–Crippen MR) is 135 cm³/mol. The Kier molecular flexibility index (Phi) is 7.66. The van der Waals surface area contributed by atoms with Crippen LogP contribution in [0.2, 0.25) is 0 Å². The number of amides is 1. The average Bonchev–Trinajstić information content (AvgIpc) is 2.89. The van der Waals surface area contributed by atoms with Gasteiger partial charge in [-0.15, -0.1) is 0 Å². The number of hydrazone groups is 1. The van der Waals surface area contributed by atoms with Crippen LogP contribution in [0.3, 0.4) is 0 Å². The quantitative estimate of drug-likeness (QED) is 0.160. The normalized spacial score (nSPS) is 10.7. The molecule has 1 amide bonds. The Labute approximate surface area is 203 Å². The Bertz CT molecular complexity index is 1330. The number of hydrogen-bond donors (Lipinski definition) is 1. The molecule has 0 aromatic heterocycles. The number of nitrogens with one attached hydrogen (secondary N) is 1. The van der Waals surface area contributed by atoms with Crippen molar-refractivity contribution in [2.45, 2.75) is 13.5 Å². The van der Waals surface area contributed by atoms with Gasteiger partial charge in [-0.3, -0.25) is 4.79 Å². The van der Waals surface area contributed by atoms with Gasteiger partial charge in [-0.25, -0.2) is 10.2 Å². The highest BCUT2D eigenvalue weighted by Crippen LogP contribution is 2.19. The summed E-state index contributed by atoms with van der Waals surface area (Å²) in [6.45, 7) is 2.27. The van der Waals surface area contributed by atoms with E-state index in [-0.39, 0.29) is 5.91 Å². The van der Waals surface area contributed by atoms with Crippen LogP contribution < -0.4 is 14.9 Å². The Morgan fingerprint density at radius 3 is 2.37 bits per heavy atom. The Balaban J connectivity index is 1.33. The number of ether oxygens (including phenoxy) is 2. The molecule has 0 spiro atoms. The van der Waals surface area contributed by atoms with Crippen LogP contribution in [-0.2, 0) is 6.61 Å². The van der Waals surface area contributed by atoms with Crippen molar-refractivity contribution < 1.29 is 19.1 Å². The van der Waals surface area contributed by atoms with Gasteiger partial charge < -0.3 is 9.47 Å². The maximum absolute atomic E-state index is 12.6. The fourth-order valence-corrected chi connectivity index (χ4v) is 3.30. The Morgan fingerprint density at radius 1 is 0.857 bits per heavy atom. The summed E-state index contributed by atoms with van der Waals surface area (Å²) in [5, 5.41) is 4.04. The molecule has 35 heavy (non-hydrogen) atoms. The summed E-state index contributed by atoms with van der Waals surface area (Å²) in [7, 11) is 0. The van der Waals surface area contributed by atoms with Crippen LogP contribution in [0.5, 0.6) is 11.5 Å². The lowest BCUT2D eigenvalue weighted by Crippen LogP contribution is -2.18. The molecular formula is C29H24N2O4. The van der Waals surface area contributed by atoms with E-state index in [2.05, 4.69) is 10.5 Å². The van der Waals surface area contributed by atoms with E-state index in [1.165, 1.54) is 6.21 Å². The van der Waals surface area contributed by atoms with Crippen LogP contribution in [0.4, 0.5) is 0 Å². The standard InChI is InChI=1S/C29H24N2O4/c1-21-8-7-11-24(18-21)29(33)35-25-16-14-22(15-17-25)19-30-31-28(32)26-12-5-6-13-27(26)34-20-23-9-3-2-4-10-23/h2-19H,20H2,1H3,(H,31,32). The second-order valence-corrected chi connectivity index (χ2v) is 7.80. The molecule has 0 aliphatic rings. The molecule has 4 rings (SSSR count). The first-order valence-corrected chi connectivity index (χ1v) is 11.1. The molecule has 0 bridgehead atoms. The number of carbonyl (C=O) groups is 2. The molecule has 4 aromatic rings. The van der Waals surface area contributed by atoms with Crippen LogP contribution in [-0.4, -0.2) is 18.1 Å². The van der Waals surface area contributed by atoms with E-state index >= 15 is 0 Å². The van der Waals surface area contributed by atoms with Crippen molar-refractivity contribution in [3.63, 3.8) is 0 Å². The third-order valence-corrected chi connectivity index (χ3v) is 5.09. The lowest BCUT2D eigenvalue weighted by Gasteiger charge is -2.10. The summed E-state index contributed by atoms with van der Waals surface area (Å²) in [6.07, 6.45) is 1.51. The smallest absolute Gasteiger partial charge is 0.343 e. The molecule has 0 heterocycles. The third-order valence-electron chi connectivity index (χ3n) is 5.09. The van der Waals surface area contributed by atoms with Crippen molar-refractivity contribution in [3.8, 4) is 11.5 Å². The van der Waals surface area contributed by atoms with Crippen molar-refractivity contribution >= 4 is 18.1 Å². The predicted octanol–water partition coefficient (Wildman–Crippen LogP) is 5.56. The van der Waals surface area contributed by atoms with Crippen molar-refractivity contribution in [2.24, 2.45) is 5.10 Å². The second-order valence-electron chi connectivity index (χ2n) is 7.80. The highest BCUT2D eigenvalue weighted by Gasteiger charge is 2.12. The fraction of sp³-hybridized carbons (Fsp3) is 0.0690. The summed E-state index contributed by atoms with van der Waals surface area (Å²) in [5.74, 6) is 0.0927. The van der Waals surface area contributed by atoms with Gasteiger partial charge >= 0.3 is 5.97 Å². The molecule has 0 atom stereocenters. The third kappa shape index (κ3) is 6.65. The highest BCUT2D eigenvalue weighted by molar-refractivity contribution is 5.97. The monoisotopic (exact) mass is 464 g/mol. The summed E-state index contributed by atoms with van der Waals surface area (Å²) < 4.78 is 11.3. The summed E-state index contributed by atoms with van der Waals surface area (Å²) in [4.78, 5) is 24.9. The molecule has 0 saturated heterocycles. The Hall–Kier alpha value is -4.71. The zero-order valence-electron chi connectivity index (χ0n) is 19.2. The molecule has 0 radical (unpaired) electrons. The minimum atomic E-state index is -0.421. The number of esters is 1. The molecule has 0 fully saturated rings. The van der Waals surface area contributed by atoms with Gasteiger partial charge in [0.1, 0.15) is 18.1 Å². The number of carbonyl (C=O) groups excluding carboxylic acids is 2. The largest absolute Gasteiger partial charge is 0.488 e. The van der Waals surface area contributed by atoms with Gasteiger partial charge in [-0.1, -0.05) is 60.2 Å². The van der Waals surface area contributed by atoms with E-state index in [0.717, 1.165) is 16.7 Å². The van der Waals surface area contributed by atoms with Crippen molar-refractivity contribution in [1.82, 2.24) is 5.43 Å².